The topological polar surface area (TPSA) is 76.2 Å². The molecule has 1 aliphatic heterocycles. The van der Waals surface area contributed by atoms with E-state index in [1.807, 2.05) is 11.9 Å². The van der Waals surface area contributed by atoms with Crippen LogP contribution < -0.4 is 10.2 Å². The van der Waals surface area contributed by atoms with Crippen molar-refractivity contribution in [2.75, 3.05) is 31.6 Å². The molecule has 1 saturated heterocycles. The lowest BCUT2D eigenvalue weighted by atomic mass is 9.98. The molecular weight excluding hydrogens is 234 g/mol. The lowest BCUT2D eigenvalue weighted by Gasteiger charge is -2.32. The zero-order valence-electron chi connectivity index (χ0n) is 10.8. The quantitative estimate of drug-likeness (QED) is 0.633. The summed E-state index contributed by atoms with van der Waals surface area (Å²) in [6, 6.07) is 0. The number of nitro groups is 1. The third-order valence-electron chi connectivity index (χ3n) is 3.30. The van der Waals surface area contributed by atoms with Gasteiger partial charge in [0.2, 0.25) is 5.82 Å². The van der Waals surface area contributed by atoms with Gasteiger partial charge in [-0.2, -0.15) is 0 Å². The van der Waals surface area contributed by atoms with Crippen LogP contribution >= 0.6 is 0 Å². The van der Waals surface area contributed by atoms with Gasteiger partial charge in [0.05, 0.1) is 4.92 Å². The third kappa shape index (κ3) is 2.61. The van der Waals surface area contributed by atoms with Crippen LogP contribution in [0.2, 0.25) is 0 Å². The van der Waals surface area contributed by atoms with E-state index >= 15 is 0 Å². The highest BCUT2D eigenvalue weighted by molar-refractivity contribution is 5.57. The Hall–Kier alpha value is -1.63. The van der Waals surface area contributed by atoms with E-state index in [2.05, 4.69) is 10.4 Å². The summed E-state index contributed by atoms with van der Waals surface area (Å²) < 4.78 is 1.51. The first kappa shape index (κ1) is 12.8. The Morgan fingerprint density at radius 3 is 3.11 bits per heavy atom. The van der Waals surface area contributed by atoms with E-state index in [1.54, 1.807) is 7.05 Å². The summed E-state index contributed by atoms with van der Waals surface area (Å²) >= 11 is 0. The number of nitrogens with one attached hydrogen (secondary N) is 1. The van der Waals surface area contributed by atoms with Gasteiger partial charge in [-0.1, -0.05) is 0 Å². The fraction of sp³-hybridized carbons (Fsp3) is 0.727. The highest BCUT2D eigenvalue weighted by Crippen LogP contribution is 2.29. The predicted octanol–water partition coefficient (Wildman–Crippen LogP) is 0.764. The number of anilines is 1. The van der Waals surface area contributed by atoms with Gasteiger partial charge in [-0.3, -0.25) is 14.8 Å². The fourth-order valence-electron chi connectivity index (χ4n) is 2.53. The molecular formula is C11H19N5O2. The maximum Gasteiger partial charge on any atom is 0.330 e. The van der Waals surface area contributed by atoms with E-state index in [1.165, 1.54) is 10.9 Å². The van der Waals surface area contributed by atoms with Crippen molar-refractivity contribution in [3.05, 3.63) is 16.3 Å². The Morgan fingerprint density at radius 2 is 2.44 bits per heavy atom. The van der Waals surface area contributed by atoms with Crippen molar-refractivity contribution in [1.82, 2.24) is 15.1 Å². The summed E-state index contributed by atoms with van der Waals surface area (Å²) in [7, 11) is 3.65. The molecule has 2 heterocycles. The second-order valence-corrected chi connectivity index (χ2v) is 4.78. The van der Waals surface area contributed by atoms with Crippen molar-refractivity contribution >= 4 is 11.5 Å². The van der Waals surface area contributed by atoms with Crippen molar-refractivity contribution in [3.63, 3.8) is 0 Å². The van der Waals surface area contributed by atoms with Gasteiger partial charge in [0.25, 0.3) is 0 Å². The largest absolute Gasteiger partial charge is 0.349 e. The van der Waals surface area contributed by atoms with E-state index in [0.717, 1.165) is 32.5 Å². The average molecular weight is 253 g/mol. The van der Waals surface area contributed by atoms with Gasteiger partial charge in [0.1, 0.15) is 6.20 Å². The van der Waals surface area contributed by atoms with Gasteiger partial charge in [0, 0.05) is 20.1 Å². The molecule has 7 nitrogen and oxygen atoms in total. The van der Waals surface area contributed by atoms with Crippen LogP contribution in [0.1, 0.15) is 12.8 Å². The minimum atomic E-state index is -0.357. The van der Waals surface area contributed by atoms with Crippen LogP contribution in [0.3, 0.4) is 0 Å². The number of aryl methyl sites for hydroxylation is 1. The molecule has 0 aliphatic carbocycles. The smallest absolute Gasteiger partial charge is 0.330 e. The molecule has 18 heavy (non-hydrogen) atoms. The minimum Gasteiger partial charge on any atom is -0.349 e. The van der Waals surface area contributed by atoms with E-state index in [9.17, 15) is 10.1 Å². The number of aromatic nitrogens is 2. The molecule has 1 atom stereocenters. The molecule has 0 amide bonds. The van der Waals surface area contributed by atoms with E-state index in [-0.39, 0.29) is 10.6 Å². The van der Waals surface area contributed by atoms with Gasteiger partial charge in [-0.15, -0.1) is 5.10 Å². The molecule has 100 valence electrons. The number of nitrogens with zero attached hydrogens (tertiary/aromatic N) is 4. The van der Waals surface area contributed by atoms with E-state index in [0.29, 0.717) is 11.7 Å². The fourth-order valence-corrected chi connectivity index (χ4v) is 2.53. The van der Waals surface area contributed by atoms with Crippen LogP contribution in [0.5, 0.6) is 0 Å². The number of hydrogen-bond acceptors (Lipinski definition) is 5. The minimum absolute atomic E-state index is 0.0996. The lowest BCUT2D eigenvalue weighted by Crippen LogP contribution is -2.39. The zero-order valence-corrected chi connectivity index (χ0v) is 10.8. The second-order valence-electron chi connectivity index (χ2n) is 4.78. The summed E-state index contributed by atoms with van der Waals surface area (Å²) in [5.41, 5.74) is 0.0996. The lowest BCUT2D eigenvalue weighted by molar-refractivity contribution is -0.384. The second kappa shape index (κ2) is 5.34. The molecule has 2 rings (SSSR count). The van der Waals surface area contributed by atoms with Gasteiger partial charge in [-0.25, -0.2) is 0 Å². The standard InChI is InChI=1S/C11H19N5O2/c1-12-6-9-4-3-5-15(7-9)11-10(16(17)18)8-14(2)13-11/h8-9,12H,3-7H2,1-2H3. The Bertz CT molecular complexity index is 429. The Kier molecular flexibility index (Phi) is 3.81. The highest BCUT2D eigenvalue weighted by atomic mass is 16.6. The monoisotopic (exact) mass is 253 g/mol. The summed E-state index contributed by atoms with van der Waals surface area (Å²) in [5.74, 6) is 1.04. The molecule has 1 aromatic heterocycles. The number of piperidine rings is 1. The number of rotatable bonds is 4. The molecule has 0 spiro atoms. The maximum absolute atomic E-state index is 11.0. The molecule has 0 aromatic carbocycles. The zero-order chi connectivity index (χ0) is 13.1. The van der Waals surface area contributed by atoms with E-state index < -0.39 is 0 Å². The van der Waals surface area contributed by atoms with Crippen LogP contribution in [0.4, 0.5) is 11.5 Å². The SMILES string of the molecule is CNCC1CCCN(c2nn(C)cc2[N+](=O)[O-])C1. The molecule has 7 heteroatoms. The Labute approximate surface area is 106 Å². The summed E-state index contributed by atoms with van der Waals surface area (Å²) in [5, 5.41) is 18.4. The molecule has 1 aliphatic rings. The van der Waals surface area contributed by atoms with Crippen LogP contribution in [-0.2, 0) is 7.05 Å². The summed E-state index contributed by atoms with van der Waals surface area (Å²) in [6.07, 6.45) is 3.69. The first-order chi connectivity index (χ1) is 8.61. The van der Waals surface area contributed by atoms with Gasteiger partial charge >= 0.3 is 5.69 Å². The molecule has 1 N–H and O–H groups in total. The van der Waals surface area contributed by atoms with Gasteiger partial charge < -0.3 is 10.2 Å². The molecule has 1 unspecified atom stereocenters. The molecule has 1 aromatic rings. The molecule has 0 radical (unpaired) electrons. The van der Waals surface area contributed by atoms with Crippen molar-refractivity contribution in [1.29, 1.82) is 0 Å². The molecule has 0 saturated carbocycles. The van der Waals surface area contributed by atoms with Crippen LogP contribution in [0, 0.1) is 16.0 Å². The van der Waals surface area contributed by atoms with Crippen LogP contribution in [-0.4, -0.2) is 41.4 Å². The summed E-state index contributed by atoms with van der Waals surface area (Å²) in [6.45, 7) is 2.62. The Balaban J connectivity index is 2.17. The summed E-state index contributed by atoms with van der Waals surface area (Å²) in [4.78, 5) is 12.7. The van der Waals surface area contributed by atoms with Gasteiger partial charge in [-0.05, 0) is 32.4 Å². The van der Waals surface area contributed by atoms with Crippen molar-refractivity contribution in [3.8, 4) is 0 Å². The first-order valence-corrected chi connectivity index (χ1v) is 6.19. The highest BCUT2D eigenvalue weighted by Gasteiger charge is 2.28. The first-order valence-electron chi connectivity index (χ1n) is 6.19. The maximum atomic E-state index is 11.0. The van der Waals surface area contributed by atoms with E-state index in [4.69, 9.17) is 0 Å². The van der Waals surface area contributed by atoms with Crippen molar-refractivity contribution in [2.45, 2.75) is 12.8 Å². The predicted molar refractivity (Wildman–Crippen MR) is 68.7 cm³/mol. The normalized spacial score (nSPS) is 20.1. The number of hydrogen-bond donors (Lipinski definition) is 1. The van der Waals surface area contributed by atoms with Crippen molar-refractivity contribution in [2.24, 2.45) is 13.0 Å². The average Bonchev–Trinajstić information content (AvgIpc) is 2.72. The Morgan fingerprint density at radius 1 is 1.67 bits per heavy atom. The molecule has 1 fully saturated rings. The van der Waals surface area contributed by atoms with Crippen molar-refractivity contribution < 1.29 is 4.92 Å². The van der Waals surface area contributed by atoms with Crippen LogP contribution in [0.15, 0.2) is 6.20 Å². The van der Waals surface area contributed by atoms with Gasteiger partial charge in [0.15, 0.2) is 0 Å². The molecule has 0 bridgehead atoms. The third-order valence-corrected chi connectivity index (χ3v) is 3.30. The van der Waals surface area contributed by atoms with Crippen LogP contribution in [0.25, 0.3) is 0 Å².